The van der Waals surface area contributed by atoms with Gasteiger partial charge in [-0.2, -0.15) is 0 Å². The summed E-state index contributed by atoms with van der Waals surface area (Å²) in [5.41, 5.74) is -1.02. The lowest BCUT2D eigenvalue weighted by Gasteiger charge is -2.34. The van der Waals surface area contributed by atoms with Gasteiger partial charge in [-0.1, -0.05) is 0 Å². The van der Waals surface area contributed by atoms with Gasteiger partial charge in [0, 0.05) is 18.6 Å². The molecule has 2 N–H and O–H groups in total. The number of esters is 1. The zero-order valence-electron chi connectivity index (χ0n) is 10.0. The number of carbonyl (C=O) groups is 1. The maximum Gasteiger partial charge on any atom is 0.344 e. The van der Waals surface area contributed by atoms with Crippen LogP contribution in [0.5, 0.6) is 0 Å². The molecule has 20 heavy (non-hydrogen) atoms. The van der Waals surface area contributed by atoms with Gasteiger partial charge in [-0.25, -0.2) is 18.0 Å². The molecule has 0 aromatic heterocycles. The van der Waals surface area contributed by atoms with Gasteiger partial charge in [-0.05, 0) is 0 Å². The number of rotatable bonds is 2. The number of halogens is 3. The van der Waals surface area contributed by atoms with Gasteiger partial charge in [0.05, 0.1) is 23.2 Å². The summed E-state index contributed by atoms with van der Waals surface area (Å²) in [5, 5.41) is 0. The number of ether oxygens (including phenoxy) is 1. The molecule has 1 unspecified atom stereocenters. The van der Waals surface area contributed by atoms with Crippen LogP contribution in [-0.2, 0) is 8.92 Å². The summed E-state index contributed by atoms with van der Waals surface area (Å²) >= 11 is 0. The van der Waals surface area contributed by atoms with Crippen LogP contribution in [0.15, 0.2) is 12.1 Å². The van der Waals surface area contributed by atoms with Crippen LogP contribution in [0, 0.1) is 17.5 Å². The van der Waals surface area contributed by atoms with Crippen molar-refractivity contribution in [1.29, 1.82) is 0 Å². The second-order valence-electron chi connectivity index (χ2n) is 4.16. The molecule has 0 spiro atoms. The Morgan fingerprint density at radius 2 is 1.90 bits per heavy atom. The van der Waals surface area contributed by atoms with Crippen molar-refractivity contribution in [2.24, 2.45) is 0 Å². The van der Waals surface area contributed by atoms with Crippen molar-refractivity contribution in [2.45, 2.75) is 12.5 Å². The fourth-order valence-electron chi connectivity index (χ4n) is 1.73. The molecule has 2 rings (SSSR count). The molecule has 1 aliphatic rings. The number of carbonyl (C=O) groups excluding carboxylic acids is 1. The second-order valence-corrected chi connectivity index (χ2v) is 5.94. The SMILES string of the molecule is O=C(OC1CCOS(O)(O)C1)c1c(F)cc(F)cc1F. The highest BCUT2D eigenvalue weighted by Gasteiger charge is 2.33. The molecular weight excluding hydrogens is 301 g/mol. The van der Waals surface area contributed by atoms with E-state index in [9.17, 15) is 27.1 Å². The smallest absolute Gasteiger partial charge is 0.344 e. The minimum absolute atomic E-state index is 0.0609. The molecule has 1 atom stereocenters. The third-order valence-corrected chi connectivity index (χ3v) is 3.95. The fourth-order valence-corrected chi connectivity index (χ4v) is 2.91. The van der Waals surface area contributed by atoms with Crippen LogP contribution in [0.4, 0.5) is 13.2 Å². The summed E-state index contributed by atoms with van der Waals surface area (Å²) in [5.74, 6) is -5.63. The molecule has 1 fully saturated rings. The predicted octanol–water partition coefficient (Wildman–Crippen LogP) is 2.72. The maximum absolute atomic E-state index is 13.4. The fraction of sp³-hybridized carbons (Fsp3) is 0.364. The van der Waals surface area contributed by atoms with E-state index in [2.05, 4.69) is 4.18 Å². The van der Waals surface area contributed by atoms with E-state index in [1.165, 1.54) is 0 Å². The number of hydrogen-bond acceptors (Lipinski definition) is 5. The zero-order chi connectivity index (χ0) is 14.9. The lowest BCUT2D eigenvalue weighted by atomic mass is 10.2. The van der Waals surface area contributed by atoms with Crippen molar-refractivity contribution < 1.29 is 36.0 Å². The highest BCUT2D eigenvalue weighted by Crippen LogP contribution is 2.44. The van der Waals surface area contributed by atoms with Gasteiger partial charge in [0.25, 0.3) is 0 Å². The molecule has 9 heteroatoms. The lowest BCUT2D eigenvalue weighted by molar-refractivity contribution is 0.0239. The average Bonchev–Trinajstić information content (AvgIpc) is 2.25. The van der Waals surface area contributed by atoms with Crippen LogP contribution in [0.1, 0.15) is 16.8 Å². The van der Waals surface area contributed by atoms with Crippen molar-refractivity contribution in [2.75, 3.05) is 12.4 Å². The van der Waals surface area contributed by atoms with Crippen molar-refractivity contribution in [3.63, 3.8) is 0 Å². The molecule has 112 valence electrons. The third kappa shape index (κ3) is 3.42. The number of hydrogen-bond donors (Lipinski definition) is 2. The van der Waals surface area contributed by atoms with Crippen LogP contribution in [-0.4, -0.2) is 33.5 Å². The lowest BCUT2D eigenvalue weighted by Crippen LogP contribution is -2.32. The molecule has 1 aromatic rings. The molecular formula is C11H11F3O5S. The van der Waals surface area contributed by atoms with Crippen molar-refractivity contribution in [3.8, 4) is 0 Å². The largest absolute Gasteiger partial charge is 0.457 e. The van der Waals surface area contributed by atoms with Crippen molar-refractivity contribution in [3.05, 3.63) is 35.1 Å². The summed E-state index contributed by atoms with van der Waals surface area (Å²) in [6.07, 6.45) is -0.781. The molecule has 0 saturated carbocycles. The van der Waals surface area contributed by atoms with Crippen molar-refractivity contribution in [1.82, 2.24) is 0 Å². The first-order valence-electron chi connectivity index (χ1n) is 5.54. The molecule has 0 amide bonds. The van der Waals surface area contributed by atoms with Crippen LogP contribution < -0.4 is 0 Å². The van der Waals surface area contributed by atoms with E-state index in [1.54, 1.807) is 0 Å². The van der Waals surface area contributed by atoms with Gasteiger partial charge in [0.1, 0.15) is 29.1 Å². The van der Waals surface area contributed by atoms with Gasteiger partial charge in [0.15, 0.2) is 0 Å². The molecule has 0 radical (unpaired) electrons. The Morgan fingerprint density at radius 3 is 2.45 bits per heavy atom. The van der Waals surface area contributed by atoms with Gasteiger partial charge >= 0.3 is 5.97 Å². The first-order chi connectivity index (χ1) is 9.28. The van der Waals surface area contributed by atoms with Gasteiger partial charge < -0.3 is 13.8 Å². The second kappa shape index (κ2) is 5.60. The Balaban J connectivity index is 2.13. The monoisotopic (exact) mass is 312 g/mol. The third-order valence-electron chi connectivity index (χ3n) is 2.60. The highest BCUT2D eigenvalue weighted by atomic mass is 32.3. The summed E-state index contributed by atoms with van der Waals surface area (Å²) in [7, 11) is -3.31. The summed E-state index contributed by atoms with van der Waals surface area (Å²) in [6, 6.07) is 0.717. The molecule has 1 heterocycles. The minimum atomic E-state index is -3.31. The van der Waals surface area contributed by atoms with E-state index in [-0.39, 0.29) is 18.8 Å². The quantitative estimate of drug-likeness (QED) is 0.821. The highest BCUT2D eigenvalue weighted by molar-refractivity contribution is 8.20. The van der Waals surface area contributed by atoms with Gasteiger partial charge in [0.2, 0.25) is 0 Å². The normalized spacial score (nSPS) is 23.1. The van der Waals surface area contributed by atoms with Crippen molar-refractivity contribution >= 4 is 16.8 Å². The topological polar surface area (TPSA) is 76.0 Å². The standard InChI is InChI=1S/C11H11F3O5S/c12-6-3-8(13)10(9(14)4-6)11(15)19-7-1-2-18-20(16,17)5-7/h3-4,7,16-17H,1-2,5H2. The molecule has 1 aromatic carbocycles. The Bertz CT molecular complexity index is 514. The Labute approximate surface area is 113 Å². The number of benzene rings is 1. The van der Waals surface area contributed by atoms with E-state index >= 15 is 0 Å². The molecule has 0 bridgehead atoms. The van der Waals surface area contributed by atoms with E-state index in [1.807, 2.05) is 0 Å². The van der Waals surface area contributed by atoms with Crippen LogP contribution in [0.2, 0.25) is 0 Å². The summed E-state index contributed by atoms with van der Waals surface area (Å²) in [6.45, 7) is -0.0609. The Morgan fingerprint density at radius 1 is 1.30 bits per heavy atom. The van der Waals surface area contributed by atoms with Crippen LogP contribution in [0.25, 0.3) is 0 Å². The summed E-state index contributed by atoms with van der Waals surface area (Å²) in [4.78, 5) is 11.7. The average molecular weight is 312 g/mol. The van der Waals surface area contributed by atoms with Gasteiger partial charge in [-0.15, -0.1) is 0 Å². The van der Waals surface area contributed by atoms with E-state index in [0.29, 0.717) is 12.1 Å². The van der Waals surface area contributed by atoms with E-state index in [0.717, 1.165) is 0 Å². The van der Waals surface area contributed by atoms with Crippen LogP contribution >= 0.6 is 10.9 Å². The van der Waals surface area contributed by atoms with E-state index in [4.69, 9.17) is 4.74 Å². The molecule has 5 nitrogen and oxygen atoms in total. The first kappa shape index (κ1) is 15.1. The zero-order valence-corrected chi connectivity index (χ0v) is 10.8. The summed E-state index contributed by atoms with van der Waals surface area (Å²) < 4.78 is 67.5. The minimum Gasteiger partial charge on any atom is -0.457 e. The predicted molar refractivity (Wildman–Crippen MR) is 63.8 cm³/mol. The first-order valence-corrected chi connectivity index (χ1v) is 7.18. The molecule has 1 saturated heterocycles. The molecule has 0 aliphatic carbocycles. The van der Waals surface area contributed by atoms with Gasteiger partial charge in [-0.3, -0.25) is 4.18 Å². The van der Waals surface area contributed by atoms with E-state index < -0.39 is 46.0 Å². The van der Waals surface area contributed by atoms with Crippen LogP contribution in [0.3, 0.4) is 0 Å². The molecule has 1 aliphatic heterocycles. The maximum atomic E-state index is 13.4. The Kier molecular flexibility index (Phi) is 4.23. The Hall–Kier alpha value is -1.29.